The quantitative estimate of drug-likeness (QED) is 0.896. The molecule has 0 aromatic carbocycles. The van der Waals surface area contributed by atoms with Crippen LogP contribution in [0.25, 0.3) is 0 Å². The van der Waals surface area contributed by atoms with Crippen molar-refractivity contribution in [2.45, 2.75) is 30.7 Å². The molecule has 0 unspecified atom stereocenters. The Morgan fingerprint density at radius 3 is 2.68 bits per heavy atom. The molecule has 7 nitrogen and oxygen atoms in total. The van der Waals surface area contributed by atoms with Gasteiger partial charge in [-0.15, -0.1) is 0 Å². The molecule has 2 aliphatic heterocycles. The molecule has 2 aromatic heterocycles. The van der Waals surface area contributed by atoms with Crippen molar-refractivity contribution in [3.63, 3.8) is 0 Å². The van der Waals surface area contributed by atoms with Crippen molar-refractivity contribution in [3.8, 4) is 0 Å². The molecule has 4 rings (SSSR count). The molecule has 2 saturated heterocycles. The van der Waals surface area contributed by atoms with Gasteiger partial charge in [-0.25, -0.2) is 0 Å². The minimum absolute atomic E-state index is 0.0322. The van der Waals surface area contributed by atoms with Crippen LogP contribution in [0, 0.1) is 0 Å². The van der Waals surface area contributed by atoms with Crippen LogP contribution in [0.4, 0.5) is 0 Å². The molecule has 2 fully saturated rings. The number of likely N-dealkylation sites (N-methyl/N-ethyl adjacent to an activating group) is 1. The second-order valence-electron chi connectivity index (χ2n) is 7.14. The maximum atomic E-state index is 12.6. The maximum absolute atomic E-state index is 12.6. The normalized spacial score (nSPS) is 22.8. The molecule has 132 valence electrons. The number of aryl methyl sites for hydroxylation is 1. The van der Waals surface area contributed by atoms with Gasteiger partial charge < -0.3 is 14.8 Å². The zero-order chi connectivity index (χ0) is 17.6. The highest BCUT2D eigenvalue weighted by Gasteiger charge is 2.53. The van der Waals surface area contributed by atoms with Crippen LogP contribution in [0.5, 0.6) is 0 Å². The van der Waals surface area contributed by atoms with Gasteiger partial charge in [-0.05, 0) is 30.5 Å². The summed E-state index contributed by atoms with van der Waals surface area (Å²) in [4.78, 5) is 31.8. The fraction of sp³-hybridized carbons (Fsp3) is 0.500. The zero-order valence-electron chi connectivity index (χ0n) is 14.6. The summed E-state index contributed by atoms with van der Waals surface area (Å²) in [5.74, 6) is 0.351. The van der Waals surface area contributed by atoms with Gasteiger partial charge in [-0.2, -0.15) is 5.10 Å². The SMILES string of the molecule is CN1C(=O)C[C@@H](c2cnn(C)c2)C12CCN(C(=O)c1ccc[nH]1)CC2. The van der Waals surface area contributed by atoms with Gasteiger partial charge in [0.1, 0.15) is 5.69 Å². The average molecular weight is 341 g/mol. The molecule has 2 aliphatic rings. The maximum Gasteiger partial charge on any atom is 0.270 e. The van der Waals surface area contributed by atoms with E-state index in [0.29, 0.717) is 25.2 Å². The molecular formula is C18H23N5O2. The van der Waals surface area contributed by atoms with E-state index < -0.39 is 0 Å². The van der Waals surface area contributed by atoms with Crippen molar-refractivity contribution in [1.82, 2.24) is 24.6 Å². The second kappa shape index (κ2) is 5.75. The predicted molar refractivity (Wildman–Crippen MR) is 92.0 cm³/mol. The van der Waals surface area contributed by atoms with E-state index in [4.69, 9.17) is 0 Å². The smallest absolute Gasteiger partial charge is 0.270 e. The highest BCUT2D eigenvalue weighted by atomic mass is 16.2. The van der Waals surface area contributed by atoms with Crippen LogP contribution in [0.15, 0.2) is 30.7 Å². The molecule has 1 N–H and O–H groups in total. The van der Waals surface area contributed by atoms with E-state index in [1.807, 2.05) is 42.4 Å². The monoisotopic (exact) mass is 341 g/mol. The van der Waals surface area contributed by atoms with Crippen LogP contribution in [-0.2, 0) is 11.8 Å². The Balaban J connectivity index is 1.56. The molecular weight excluding hydrogens is 318 g/mol. The molecule has 7 heteroatoms. The molecule has 0 radical (unpaired) electrons. The first-order chi connectivity index (χ1) is 12.0. The second-order valence-corrected chi connectivity index (χ2v) is 7.14. The van der Waals surface area contributed by atoms with Crippen molar-refractivity contribution in [2.75, 3.05) is 20.1 Å². The molecule has 4 heterocycles. The van der Waals surface area contributed by atoms with Gasteiger partial charge >= 0.3 is 0 Å². The minimum atomic E-state index is -0.216. The zero-order valence-corrected chi connectivity index (χ0v) is 14.6. The molecule has 2 aromatic rings. The largest absolute Gasteiger partial charge is 0.357 e. The van der Waals surface area contributed by atoms with E-state index in [2.05, 4.69) is 10.1 Å². The van der Waals surface area contributed by atoms with Gasteiger partial charge in [0.25, 0.3) is 5.91 Å². The van der Waals surface area contributed by atoms with Gasteiger partial charge in [0.05, 0.1) is 11.7 Å². The lowest BCUT2D eigenvalue weighted by atomic mass is 9.74. The fourth-order valence-electron chi connectivity index (χ4n) is 4.45. The number of likely N-dealkylation sites (tertiary alicyclic amines) is 2. The summed E-state index contributed by atoms with van der Waals surface area (Å²) in [5.41, 5.74) is 1.52. The summed E-state index contributed by atoms with van der Waals surface area (Å²) in [5, 5.41) is 4.28. The Labute approximate surface area is 146 Å². The number of hydrogen-bond donors (Lipinski definition) is 1. The average Bonchev–Trinajstić information content (AvgIpc) is 3.33. The number of carbonyl (C=O) groups excluding carboxylic acids is 2. The lowest BCUT2D eigenvalue weighted by molar-refractivity contribution is -0.130. The third-order valence-electron chi connectivity index (χ3n) is 5.94. The van der Waals surface area contributed by atoms with Crippen molar-refractivity contribution in [3.05, 3.63) is 42.0 Å². The number of aromatic nitrogens is 3. The number of amides is 2. The van der Waals surface area contributed by atoms with Gasteiger partial charge in [0, 0.05) is 51.9 Å². The molecule has 1 spiro atoms. The fourth-order valence-corrected chi connectivity index (χ4v) is 4.45. The Kier molecular flexibility index (Phi) is 3.67. The van der Waals surface area contributed by atoms with Crippen molar-refractivity contribution >= 4 is 11.8 Å². The highest BCUT2D eigenvalue weighted by Crippen LogP contribution is 2.48. The Morgan fingerprint density at radius 1 is 1.32 bits per heavy atom. The molecule has 25 heavy (non-hydrogen) atoms. The Morgan fingerprint density at radius 2 is 2.08 bits per heavy atom. The van der Waals surface area contributed by atoms with Gasteiger partial charge in [0.15, 0.2) is 0 Å². The minimum Gasteiger partial charge on any atom is -0.357 e. The Bertz CT molecular complexity index is 786. The van der Waals surface area contributed by atoms with E-state index in [9.17, 15) is 9.59 Å². The number of rotatable bonds is 2. The summed E-state index contributed by atoms with van der Waals surface area (Å²) >= 11 is 0. The molecule has 0 bridgehead atoms. The van der Waals surface area contributed by atoms with E-state index in [-0.39, 0.29) is 23.3 Å². The third-order valence-corrected chi connectivity index (χ3v) is 5.94. The van der Waals surface area contributed by atoms with Crippen molar-refractivity contribution in [2.24, 2.45) is 7.05 Å². The lowest BCUT2D eigenvalue weighted by Crippen LogP contribution is -2.55. The third kappa shape index (κ3) is 2.45. The van der Waals surface area contributed by atoms with E-state index in [1.54, 1.807) is 16.9 Å². The van der Waals surface area contributed by atoms with Gasteiger partial charge in [0.2, 0.25) is 5.91 Å². The van der Waals surface area contributed by atoms with Crippen LogP contribution in [0.3, 0.4) is 0 Å². The molecule has 2 amide bonds. The number of nitrogens with one attached hydrogen (secondary N) is 1. The first kappa shape index (κ1) is 15.9. The van der Waals surface area contributed by atoms with Crippen LogP contribution < -0.4 is 0 Å². The number of carbonyl (C=O) groups is 2. The Hall–Kier alpha value is -2.57. The summed E-state index contributed by atoms with van der Waals surface area (Å²) < 4.78 is 1.79. The number of piperidine rings is 1. The highest BCUT2D eigenvalue weighted by molar-refractivity contribution is 5.92. The summed E-state index contributed by atoms with van der Waals surface area (Å²) in [6, 6.07) is 3.64. The van der Waals surface area contributed by atoms with Crippen molar-refractivity contribution in [1.29, 1.82) is 0 Å². The van der Waals surface area contributed by atoms with Crippen LogP contribution in [0.2, 0.25) is 0 Å². The van der Waals surface area contributed by atoms with E-state index >= 15 is 0 Å². The lowest BCUT2D eigenvalue weighted by Gasteiger charge is -2.46. The van der Waals surface area contributed by atoms with E-state index in [1.165, 1.54) is 0 Å². The number of hydrogen-bond acceptors (Lipinski definition) is 3. The van der Waals surface area contributed by atoms with Gasteiger partial charge in [-0.3, -0.25) is 14.3 Å². The van der Waals surface area contributed by atoms with Crippen molar-refractivity contribution < 1.29 is 9.59 Å². The number of aromatic amines is 1. The topological polar surface area (TPSA) is 74.2 Å². The summed E-state index contributed by atoms with van der Waals surface area (Å²) in [6.45, 7) is 1.32. The number of nitrogens with zero attached hydrogens (tertiary/aromatic N) is 4. The molecule has 1 atom stereocenters. The summed E-state index contributed by atoms with van der Waals surface area (Å²) in [6.07, 6.45) is 7.75. The molecule has 0 saturated carbocycles. The van der Waals surface area contributed by atoms with Crippen LogP contribution in [-0.4, -0.2) is 62.1 Å². The van der Waals surface area contributed by atoms with Crippen LogP contribution >= 0.6 is 0 Å². The standard InChI is InChI=1S/C18H23N5O2/c1-21-12-13(11-20-21)14-10-16(24)22(2)18(14)5-8-23(9-6-18)17(25)15-4-3-7-19-15/h3-4,7,11-12,14,19H,5-6,8-10H2,1-2H3/t14-/m0/s1. The first-order valence-electron chi connectivity index (χ1n) is 8.69. The van der Waals surface area contributed by atoms with E-state index in [0.717, 1.165) is 18.4 Å². The predicted octanol–water partition coefficient (Wildman–Crippen LogP) is 1.37. The summed E-state index contributed by atoms with van der Waals surface area (Å²) in [7, 11) is 3.80. The first-order valence-corrected chi connectivity index (χ1v) is 8.69. The van der Waals surface area contributed by atoms with Crippen LogP contribution in [0.1, 0.15) is 41.2 Å². The number of H-pyrrole nitrogens is 1. The van der Waals surface area contributed by atoms with Gasteiger partial charge in [-0.1, -0.05) is 0 Å². The molecule has 0 aliphatic carbocycles.